The van der Waals surface area contributed by atoms with Crippen LogP contribution in [0.2, 0.25) is 0 Å². The summed E-state index contributed by atoms with van der Waals surface area (Å²) >= 11 is 2.69. The zero-order valence-corrected chi connectivity index (χ0v) is 20.3. The Balaban J connectivity index is 1.18. The molecule has 2 aromatic heterocycles. The van der Waals surface area contributed by atoms with E-state index in [9.17, 15) is 13.2 Å². The second kappa shape index (κ2) is 9.53. The Kier molecular flexibility index (Phi) is 6.50. The number of thioether (sulfide) groups is 1. The molecule has 0 atom stereocenters. The van der Waals surface area contributed by atoms with Crippen molar-refractivity contribution in [2.24, 2.45) is 0 Å². The second-order valence-corrected chi connectivity index (χ2v) is 11.9. The normalized spacial score (nSPS) is 16.6. The topological polar surface area (TPSA) is 118 Å². The Morgan fingerprint density at radius 2 is 1.85 bits per heavy atom. The number of carbonyl (C=O) groups excluding carboxylic acids is 1. The van der Waals surface area contributed by atoms with Gasteiger partial charge in [-0.05, 0) is 62.8 Å². The van der Waals surface area contributed by atoms with E-state index in [0.717, 1.165) is 49.6 Å². The van der Waals surface area contributed by atoms with E-state index in [0.29, 0.717) is 23.8 Å². The van der Waals surface area contributed by atoms with Crippen LogP contribution < -0.4 is 5.32 Å². The van der Waals surface area contributed by atoms with Crippen molar-refractivity contribution in [2.75, 3.05) is 24.2 Å². The van der Waals surface area contributed by atoms with Gasteiger partial charge in [0, 0.05) is 23.5 Å². The predicted molar refractivity (Wildman–Crippen MR) is 126 cm³/mol. The highest BCUT2D eigenvalue weighted by atomic mass is 32.2. The first-order valence-corrected chi connectivity index (χ1v) is 14.1. The number of thiazole rings is 1. The number of aryl methyl sites for hydroxylation is 2. The molecule has 0 radical (unpaired) electrons. The summed E-state index contributed by atoms with van der Waals surface area (Å²) in [5, 5.41) is 11.8. The van der Waals surface area contributed by atoms with E-state index in [1.165, 1.54) is 15.6 Å². The number of hydrogen-bond acceptors (Lipinski definition) is 9. The van der Waals surface area contributed by atoms with E-state index in [2.05, 4.69) is 20.5 Å². The van der Waals surface area contributed by atoms with E-state index >= 15 is 0 Å². The van der Waals surface area contributed by atoms with Gasteiger partial charge in [0.15, 0.2) is 5.13 Å². The Morgan fingerprint density at radius 3 is 2.61 bits per heavy atom. The molecule has 0 bridgehead atoms. The molecule has 1 amide bonds. The maximum Gasteiger partial charge on any atom is 0.277 e. The van der Waals surface area contributed by atoms with Crippen molar-refractivity contribution in [1.29, 1.82) is 0 Å². The number of nitrogens with one attached hydrogen (secondary N) is 1. The monoisotopic (exact) mass is 505 g/mol. The fourth-order valence-corrected chi connectivity index (χ4v) is 7.07. The minimum absolute atomic E-state index is 0.124. The molecule has 33 heavy (non-hydrogen) atoms. The van der Waals surface area contributed by atoms with Crippen molar-refractivity contribution < 1.29 is 17.6 Å². The van der Waals surface area contributed by atoms with Crippen LogP contribution in [0.1, 0.15) is 36.3 Å². The van der Waals surface area contributed by atoms with Crippen LogP contribution in [0.15, 0.2) is 38.8 Å². The summed E-state index contributed by atoms with van der Waals surface area (Å²) in [4.78, 5) is 18.3. The fourth-order valence-electron chi connectivity index (χ4n) is 3.92. The summed E-state index contributed by atoms with van der Waals surface area (Å²) in [6.45, 7) is 1.12. The largest absolute Gasteiger partial charge is 0.411 e. The van der Waals surface area contributed by atoms with Crippen molar-refractivity contribution in [2.45, 2.75) is 48.6 Å². The van der Waals surface area contributed by atoms with E-state index in [1.54, 1.807) is 35.6 Å². The molecular weight excluding hydrogens is 482 g/mol. The van der Waals surface area contributed by atoms with Gasteiger partial charge in [0.05, 0.1) is 16.3 Å². The van der Waals surface area contributed by atoms with Crippen molar-refractivity contribution in [3.8, 4) is 11.5 Å². The van der Waals surface area contributed by atoms with Crippen molar-refractivity contribution >= 4 is 44.2 Å². The van der Waals surface area contributed by atoms with Gasteiger partial charge in [-0.25, -0.2) is 13.4 Å². The first-order valence-electron chi connectivity index (χ1n) is 10.8. The molecule has 0 saturated carbocycles. The molecule has 3 aromatic rings. The third kappa shape index (κ3) is 4.98. The lowest BCUT2D eigenvalue weighted by Crippen LogP contribution is -2.27. The number of sulfonamides is 1. The number of benzene rings is 1. The van der Waals surface area contributed by atoms with E-state index < -0.39 is 10.0 Å². The van der Waals surface area contributed by atoms with Crippen LogP contribution >= 0.6 is 23.1 Å². The van der Waals surface area contributed by atoms with Gasteiger partial charge in [0.2, 0.25) is 21.8 Å². The number of carbonyl (C=O) groups is 1. The summed E-state index contributed by atoms with van der Waals surface area (Å²) in [6, 6.07) is 6.42. The lowest BCUT2D eigenvalue weighted by atomic mass is 10.0. The minimum Gasteiger partial charge on any atom is -0.411 e. The highest BCUT2D eigenvalue weighted by Crippen LogP contribution is 2.30. The van der Waals surface area contributed by atoms with Crippen LogP contribution in [0.25, 0.3) is 11.5 Å². The molecule has 1 N–H and O–H groups in total. The number of hydrogen-bond donors (Lipinski definition) is 1. The van der Waals surface area contributed by atoms with Gasteiger partial charge in [-0.2, -0.15) is 4.31 Å². The van der Waals surface area contributed by atoms with Gasteiger partial charge in [-0.15, -0.1) is 21.5 Å². The molecule has 5 rings (SSSR count). The molecule has 1 aliphatic carbocycles. The zero-order valence-electron chi connectivity index (χ0n) is 17.8. The van der Waals surface area contributed by atoms with Gasteiger partial charge < -0.3 is 9.73 Å². The zero-order chi connectivity index (χ0) is 22.8. The van der Waals surface area contributed by atoms with Crippen molar-refractivity contribution in [3.63, 3.8) is 0 Å². The first-order chi connectivity index (χ1) is 16.0. The Morgan fingerprint density at radius 1 is 1.09 bits per heavy atom. The molecule has 12 heteroatoms. The lowest BCUT2D eigenvalue weighted by molar-refractivity contribution is -0.113. The molecular formula is C21H23N5O4S3. The van der Waals surface area contributed by atoms with E-state index in [4.69, 9.17) is 4.42 Å². The van der Waals surface area contributed by atoms with Gasteiger partial charge in [0.25, 0.3) is 5.22 Å². The average Bonchev–Trinajstić information content (AvgIpc) is 3.58. The molecule has 1 aromatic carbocycles. The van der Waals surface area contributed by atoms with Crippen molar-refractivity contribution in [1.82, 2.24) is 19.5 Å². The van der Waals surface area contributed by atoms with Gasteiger partial charge in [-0.3, -0.25) is 4.79 Å². The summed E-state index contributed by atoms with van der Waals surface area (Å²) in [5.74, 6) is 0.219. The fraction of sp³-hybridized carbons (Fsp3) is 0.429. The summed E-state index contributed by atoms with van der Waals surface area (Å²) in [6.07, 6.45) is 6.12. The molecule has 0 spiro atoms. The summed E-state index contributed by atoms with van der Waals surface area (Å²) in [7, 11) is -3.46. The molecule has 1 fully saturated rings. The van der Waals surface area contributed by atoms with Gasteiger partial charge in [-0.1, -0.05) is 11.8 Å². The quantitative estimate of drug-likeness (QED) is 0.484. The first kappa shape index (κ1) is 22.5. The van der Waals surface area contributed by atoms with Crippen LogP contribution in [0.5, 0.6) is 0 Å². The van der Waals surface area contributed by atoms with E-state index in [-0.39, 0.29) is 27.7 Å². The van der Waals surface area contributed by atoms with Crippen LogP contribution in [0.4, 0.5) is 5.13 Å². The van der Waals surface area contributed by atoms with Gasteiger partial charge in [0.1, 0.15) is 0 Å². The molecule has 1 aliphatic heterocycles. The number of rotatable bonds is 7. The smallest absolute Gasteiger partial charge is 0.277 e. The number of anilines is 1. The molecule has 174 valence electrons. The number of fused-ring (bicyclic) bond motifs is 1. The van der Waals surface area contributed by atoms with Crippen LogP contribution in [0.3, 0.4) is 0 Å². The minimum atomic E-state index is -3.46. The lowest BCUT2D eigenvalue weighted by Gasteiger charge is -2.15. The van der Waals surface area contributed by atoms with E-state index in [1.807, 2.05) is 0 Å². The number of nitrogens with zero attached hydrogens (tertiary/aromatic N) is 4. The van der Waals surface area contributed by atoms with Crippen LogP contribution in [-0.2, 0) is 27.7 Å². The van der Waals surface area contributed by atoms with Crippen LogP contribution in [-0.4, -0.2) is 52.7 Å². The van der Waals surface area contributed by atoms with Gasteiger partial charge >= 0.3 is 0 Å². The number of aromatic nitrogens is 3. The highest BCUT2D eigenvalue weighted by Gasteiger charge is 2.27. The third-order valence-electron chi connectivity index (χ3n) is 5.63. The van der Waals surface area contributed by atoms with Crippen LogP contribution in [0, 0.1) is 0 Å². The molecule has 2 aliphatic rings. The maximum absolute atomic E-state index is 12.7. The SMILES string of the molecule is O=C(CSc1nnc(-c2ccc(S(=O)(=O)N3CCCC3)cc2)o1)Nc1nc2c(s1)CCCC2. The summed E-state index contributed by atoms with van der Waals surface area (Å²) in [5.41, 5.74) is 1.72. The predicted octanol–water partition coefficient (Wildman–Crippen LogP) is 3.59. The standard InChI is InChI=1S/C21H23N5O4S3/c27-18(23-20-22-16-5-1-2-6-17(16)32-20)13-31-21-25-24-19(30-21)14-7-9-15(10-8-14)33(28,29)26-11-3-4-12-26/h7-10H,1-6,11-13H2,(H,22,23,27). The molecule has 0 unspecified atom stereocenters. The Hall–Kier alpha value is -2.28. The van der Waals surface area contributed by atoms with Crippen molar-refractivity contribution in [3.05, 3.63) is 34.8 Å². The molecule has 1 saturated heterocycles. The average molecular weight is 506 g/mol. The number of amides is 1. The maximum atomic E-state index is 12.7. The molecule has 9 nitrogen and oxygen atoms in total. The second-order valence-electron chi connectivity index (χ2n) is 7.94. The Labute approximate surface area is 200 Å². The molecule has 3 heterocycles. The Bertz CT molecular complexity index is 1220. The highest BCUT2D eigenvalue weighted by molar-refractivity contribution is 7.99. The summed E-state index contributed by atoms with van der Waals surface area (Å²) < 4.78 is 32.5. The third-order valence-corrected chi connectivity index (χ3v) is 9.43.